The molecule has 1 aromatic heterocycles. The van der Waals surface area contributed by atoms with Crippen LogP contribution in [-0.2, 0) is 16.1 Å². The third-order valence-electron chi connectivity index (χ3n) is 5.56. The Hall–Kier alpha value is -3.00. The van der Waals surface area contributed by atoms with Gasteiger partial charge < -0.3 is 23.7 Å². The zero-order valence-electron chi connectivity index (χ0n) is 18.2. The molecule has 0 aliphatic carbocycles. The molecular formula is C23H29NO7. The van der Waals surface area contributed by atoms with Crippen LogP contribution in [0, 0.1) is 0 Å². The van der Waals surface area contributed by atoms with Gasteiger partial charge in [-0.15, -0.1) is 0 Å². The molecule has 0 unspecified atom stereocenters. The van der Waals surface area contributed by atoms with E-state index in [1.165, 1.54) is 33.8 Å². The van der Waals surface area contributed by atoms with Crippen molar-refractivity contribution < 1.29 is 28.5 Å². The van der Waals surface area contributed by atoms with E-state index in [1.807, 2.05) is 0 Å². The number of hydrogen-bond acceptors (Lipinski definition) is 8. The van der Waals surface area contributed by atoms with E-state index >= 15 is 0 Å². The lowest BCUT2D eigenvalue weighted by atomic mass is 9.91. The van der Waals surface area contributed by atoms with Crippen molar-refractivity contribution in [3.05, 3.63) is 51.6 Å². The van der Waals surface area contributed by atoms with Crippen molar-refractivity contribution in [3.8, 4) is 17.2 Å². The van der Waals surface area contributed by atoms with Gasteiger partial charge in [0.15, 0.2) is 5.76 Å². The maximum Gasteiger partial charge on any atom is 0.306 e. The predicted molar refractivity (Wildman–Crippen MR) is 114 cm³/mol. The quantitative estimate of drug-likeness (QED) is 0.637. The third-order valence-corrected chi connectivity index (χ3v) is 5.56. The van der Waals surface area contributed by atoms with E-state index in [1.54, 1.807) is 18.2 Å². The van der Waals surface area contributed by atoms with E-state index in [9.17, 15) is 14.7 Å². The minimum Gasteiger partial charge on any atom is -0.502 e. The topological polar surface area (TPSA) is 98.4 Å². The highest BCUT2D eigenvalue weighted by molar-refractivity contribution is 5.71. The number of methoxy groups -OCH3 is 3. The summed E-state index contributed by atoms with van der Waals surface area (Å²) in [5.41, 5.74) is 0.0258. The highest BCUT2D eigenvalue weighted by Crippen LogP contribution is 2.39. The molecule has 0 spiro atoms. The molecule has 168 valence electrons. The largest absolute Gasteiger partial charge is 0.502 e. The molecule has 0 saturated carbocycles. The second-order valence-corrected chi connectivity index (χ2v) is 7.57. The molecule has 3 rings (SSSR count). The van der Waals surface area contributed by atoms with Gasteiger partial charge in [0.25, 0.3) is 0 Å². The van der Waals surface area contributed by atoms with Crippen LogP contribution in [-0.4, -0.2) is 50.4 Å². The van der Waals surface area contributed by atoms with Crippen molar-refractivity contribution in [3.63, 3.8) is 0 Å². The van der Waals surface area contributed by atoms with E-state index in [0.717, 1.165) is 25.9 Å². The number of likely N-dealkylation sites (tertiary alicyclic amines) is 1. The van der Waals surface area contributed by atoms with Crippen molar-refractivity contribution in [2.45, 2.75) is 38.1 Å². The van der Waals surface area contributed by atoms with Gasteiger partial charge in [-0.2, -0.15) is 0 Å². The monoisotopic (exact) mass is 431 g/mol. The molecule has 2 heterocycles. The summed E-state index contributed by atoms with van der Waals surface area (Å²) in [6, 6.07) is 6.43. The minimum atomic E-state index is -0.776. The van der Waals surface area contributed by atoms with Crippen molar-refractivity contribution in [1.82, 2.24) is 4.90 Å². The number of hydrogen-bond donors (Lipinski definition) is 1. The molecule has 1 aliphatic rings. The van der Waals surface area contributed by atoms with Crippen molar-refractivity contribution in [2.75, 3.05) is 34.4 Å². The Kier molecular flexibility index (Phi) is 7.57. The van der Waals surface area contributed by atoms with Crippen molar-refractivity contribution >= 4 is 5.97 Å². The van der Waals surface area contributed by atoms with Gasteiger partial charge in [-0.05, 0) is 32.0 Å². The first kappa shape index (κ1) is 22.7. The SMILES string of the molecule is COC(=O)C[C@@H](c1ccc(OC)cc1OC)c1oc(CN2CCCCC2)cc(=O)c1O. The van der Waals surface area contributed by atoms with Crippen LogP contribution in [0.1, 0.15) is 48.7 Å². The van der Waals surface area contributed by atoms with Crippen molar-refractivity contribution in [1.29, 1.82) is 0 Å². The molecule has 1 fully saturated rings. The Morgan fingerprint density at radius 2 is 1.87 bits per heavy atom. The van der Waals surface area contributed by atoms with Gasteiger partial charge in [0.1, 0.15) is 17.3 Å². The van der Waals surface area contributed by atoms with Crippen molar-refractivity contribution in [2.24, 2.45) is 0 Å². The number of ether oxygens (including phenoxy) is 3. The minimum absolute atomic E-state index is 0.0216. The average Bonchev–Trinajstić information content (AvgIpc) is 2.80. The second-order valence-electron chi connectivity index (χ2n) is 7.57. The zero-order chi connectivity index (χ0) is 22.4. The summed E-state index contributed by atoms with van der Waals surface area (Å²) in [7, 11) is 4.32. The number of carbonyl (C=O) groups is 1. The lowest BCUT2D eigenvalue weighted by Gasteiger charge is -2.26. The smallest absolute Gasteiger partial charge is 0.306 e. The summed E-state index contributed by atoms with van der Waals surface area (Å²) in [6.07, 6.45) is 3.26. The van der Waals surface area contributed by atoms with Crippen LogP contribution < -0.4 is 14.9 Å². The van der Waals surface area contributed by atoms with Gasteiger partial charge in [-0.1, -0.05) is 12.5 Å². The van der Waals surface area contributed by atoms with Crippen LogP contribution >= 0.6 is 0 Å². The Morgan fingerprint density at radius 3 is 2.52 bits per heavy atom. The number of piperidine rings is 1. The molecule has 0 bridgehead atoms. The molecule has 8 heteroatoms. The first-order chi connectivity index (χ1) is 15.0. The normalized spacial score (nSPS) is 15.3. The van der Waals surface area contributed by atoms with Gasteiger partial charge >= 0.3 is 5.97 Å². The summed E-state index contributed by atoms with van der Waals surface area (Å²) in [5, 5.41) is 10.6. The van der Waals surface area contributed by atoms with E-state index < -0.39 is 23.1 Å². The lowest BCUT2D eigenvalue weighted by molar-refractivity contribution is -0.140. The first-order valence-corrected chi connectivity index (χ1v) is 10.3. The summed E-state index contributed by atoms with van der Waals surface area (Å²) in [5.74, 6) is -0.322. The molecule has 0 radical (unpaired) electrons. The molecule has 1 aliphatic heterocycles. The fourth-order valence-electron chi connectivity index (χ4n) is 3.91. The summed E-state index contributed by atoms with van der Waals surface area (Å²) in [6.45, 7) is 2.32. The van der Waals surface area contributed by atoms with Gasteiger partial charge in [0.05, 0.1) is 40.2 Å². The summed E-state index contributed by atoms with van der Waals surface area (Å²) >= 11 is 0. The maximum atomic E-state index is 12.6. The number of benzene rings is 1. The standard InChI is InChI=1S/C23H29NO7/c1-28-15-7-8-17(20(12-15)29-2)18(13-21(26)30-3)23-22(27)19(25)11-16(31-23)14-24-9-5-4-6-10-24/h7-8,11-12,18,27H,4-6,9-10,13-14H2,1-3H3/t18-/m0/s1. The molecule has 1 aromatic carbocycles. The number of esters is 1. The van der Waals surface area contributed by atoms with Crippen LogP contribution in [0.3, 0.4) is 0 Å². The van der Waals surface area contributed by atoms with Crippen LogP contribution in [0.2, 0.25) is 0 Å². The maximum absolute atomic E-state index is 12.6. The molecule has 1 atom stereocenters. The molecule has 31 heavy (non-hydrogen) atoms. The Bertz CT molecular complexity index is 963. The van der Waals surface area contributed by atoms with Gasteiger partial charge in [-0.3, -0.25) is 14.5 Å². The van der Waals surface area contributed by atoms with E-state index in [0.29, 0.717) is 29.4 Å². The van der Waals surface area contributed by atoms with Gasteiger partial charge in [0.2, 0.25) is 11.2 Å². The molecule has 0 amide bonds. The molecular weight excluding hydrogens is 402 g/mol. The Balaban J connectivity index is 2.06. The Morgan fingerprint density at radius 1 is 1.13 bits per heavy atom. The number of nitrogens with zero attached hydrogens (tertiary/aromatic N) is 1. The average molecular weight is 431 g/mol. The summed E-state index contributed by atoms with van der Waals surface area (Å²) in [4.78, 5) is 27.0. The highest BCUT2D eigenvalue weighted by Gasteiger charge is 2.29. The Labute approximate surface area is 181 Å². The fraction of sp³-hybridized carbons (Fsp3) is 0.478. The molecule has 8 nitrogen and oxygen atoms in total. The van der Waals surface area contributed by atoms with E-state index in [-0.39, 0.29) is 12.2 Å². The van der Waals surface area contributed by atoms with Crippen LogP contribution in [0.5, 0.6) is 17.2 Å². The number of rotatable bonds is 8. The predicted octanol–water partition coefficient (Wildman–Crippen LogP) is 3.04. The van der Waals surface area contributed by atoms with Gasteiger partial charge in [0, 0.05) is 17.7 Å². The number of carbonyl (C=O) groups excluding carboxylic acids is 1. The fourth-order valence-corrected chi connectivity index (χ4v) is 3.91. The van der Waals surface area contributed by atoms with Crippen LogP contribution in [0.25, 0.3) is 0 Å². The lowest BCUT2D eigenvalue weighted by Crippen LogP contribution is -2.29. The first-order valence-electron chi connectivity index (χ1n) is 10.3. The second kappa shape index (κ2) is 10.3. The highest BCUT2D eigenvalue weighted by atomic mass is 16.5. The molecule has 1 saturated heterocycles. The summed E-state index contributed by atoms with van der Waals surface area (Å²) < 4.78 is 21.6. The van der Waals surface area contributed by atoms with E-state index in [4.69, 9.17) is 18.6 Å². The van der Waals surface area contributed by atoms with Crippen LogP contribution in [0.15, 0.2) is 33.5 Å². The zero-order valence-corrected chi connectivity index (χ0v) is 18.2. The van der Waals surface area contributed by atoms with E-state index in [2.05, 4.69) is 4.90 Å². The third kappa shape index (κ3) is 5.38. The van der Waals surface area contributed by atoms with Gasteiger partial charge in [-0.25, -0.2) is 0 Å². The number of aromatic hydroxyl groups is 1. The molecule has 1 N–H and O–H groups in total. The van der Waals surface area contributed by atoms with Crippen LogP contribution in [0.4, 0.5) is 0 Å². The molecule has 2 aromatic rings.